The van der Waals surface area contributed by atoms with Crippen LogP contribution in [0.25, 0.3) is 0 Å². The zero-order valence-electron chi connectivity index (χ0n) is 28.1. The Bertz CT molecular complexity index is 1490. The lowest BCUT2D eigenvalue weighted by atomic mass is 9.87. The lowest BCUT2D eigenvalue weighted by Gasteiger charge is -2.36. The summed E-state index contributed by atoms with van der Waals surface area (Å²) in [6.45, 7) is 24.2. The summed E-state index contributed by atoms with van der Waals surface area (Å²) < 4.78 is 11.6. The summed E-state index contributed by atoms with van der Waals surface area (Å²) in [6, 6.07) is 5.58. The van der Waals surface area contributed by atoms with Gasteiger partial charge in [0, 0.05) is 61.3 Å². The van der Waals surface area contributed by atoms with E-state index in [9.17, 15) is 4.79 Å². The van der Waals surface area contributed by atoms with E-state index in [-0.39, 0.29) is 17.7 Å². The molecule has 11 nitrogen and oxygen atoms in total. The van der Waals surface area contributed by atoms with Crippen LogP contribution in [0, 0.1) is 0 Å². The van der Waals surface area contributed by atoms with Crippen molar-refractivity contribution in [3.63, 3.8) is 0 Å². The Kier molecular flexibility index (Phi) is 9.23. The van der Waals surface area contributed by atoms with Crippen LogP contribution in [0.3, 0.4) is 0 Å². The molecule has 3 aliphatic rings. The van der Waals surface area contributed by atoms with Crippen molar-refractivity contribution in [1.82, 2.24) is 24.8 Å². The maximum Gasteiger partial charge on any atom is 0.415 e. The molecule has 5 rings (SSSR count). The third kappa shape index (κ3) is 7.15. The largest absolute Gasteiger partial charge is 0.447 e. The SMILES string of the molecule is C=C(/C=C(C)\C(=C/C)N1CCN(C)CC1)Nc1ncc2c(n1)N(c1cccc(N3C(=O)OC[C@@H]3C)n1)C[C@@]2(C)COC(C)(C)C. The number of amides is 1. The highest BCUT2D eigenvalue weighted by atomic mass is 16.6. The zero-order chi connectivity index (χ0) is 32.5. The van der Waals surface area contributed by atoms with Gasteiger partial charge in [-0.1, -0.05) is 25.6 Å². The monoisotopic (exact) mass is 616 g/mol. The highest BCUT2D eigenvalue weighted by molar-refractivity contribution is 5.89. The van der Waals surface area contributed by atoms with Crippen LogP contribution in [-0.2, 0) is 14.9 Å². The molecule has 11 heteroatoms. The van der Waals surface area contributed by atoms with E-state index in [0.717, 1.165) is 43.1 Å². The van der Waals surface area contributed by atoms with E-state index >= 15 is 0 Å². The number of nitrogens with one attached hydrogen (secondary N) is 1. The number of ether oxygens (including phenoxy) is 2. The number of fused-ring (bicyclic) bond motifs is 1. The van der Waals surface area contributed by atoms with Crippen molar-refractivity contribution in [2.45, 2.75) is 65.5 Å². The number of cyclic esters (lactones) is 1. The number of piperazine rings is 1. The number of carbonyl (C=O) groups excluding carboxylic acids is 1. The van der Waals surface area contributed by atoms with Crippen LogP contribution in [0.4, 0.5) is 28.2 Å². The number of nitrogens with zero attached hydrogens (tertiary/aromatic N) is 7. The van der Waals surface area contributed by atoms with E-state index in [2.05, 4.69) is 81.3 Å². The number of aromatic nitrogens is 3. The fourth-order valence-electron chi connectivity index (χ4n) is 6.02. The van der Waals surface area contributed by atoms with Crippen molar-refractivity contribution < 1.29 is 14.3 Å². The van der Waals surface area contributed by atoms with Gasteiger partial charge in [0.15, 0.2) is 0 Å². The molecule has 0 aliphatic carbocycles. The van der Waals surface area contributed by atoms with Gasteiger partial charge in [0.1, 0.15) is 24.1 Å². The molecule has 2 aromatic heterocycles. The smallest absolute Gasteiger partial charge is 0.415 e. The molecular weight excluding hydrogens is 568 g/mol. The summed E-state index contributed by atoms with van der Waals surface area (Å²) in [5, 5.41) is 3.32. The van der Waals surface area contributed by atoms with Crippen molar-refractivity contribution in [3.05, 3.63) is 65.7 Å². The second-order valence-electron chi connectivity index (χ2n) is 13.6. The predicted molar refractivity (Wildman–Crippen MR) is 179 cm³/mol. The maximum atomic E-state index is 12.5. The van der Waals surface area contributed by atoms with Crippen molar-refractivity contribution in [2.75, 3.05) is 68.1 Å². The summed E-state index contributed by atoms with van der Waals surface area (Å²) in [7, 11) is 2.16. The molecule has 45 heavy (non-hydrogen) atoms. The Morgan fingerprint density at radius 1 is 1.20 bits per heavy atom. The van der Waals surface area contributed by atoms with Crippen molar-refractivity contribution in [3.8, 4) is 0 Å². The molecule has 2 atom stereocenters. The summed E-state index contributed by atoms with van der Waals surface area (Å²) in [5.41, 5.74) is 3.32. The standard InChI is InChI=1S/C34H48N8O3/c1-10-27(40-16-14-39(9)15-17-40)23(2)18-24(3)36-31-35-19-26-30(38-31)41(21-34(26,8)22-45-33(5,6)7)28-12-11-13-29(37-28)42-25(4)20-44-32(42)43/h10-13,18-19,25H,3,14-17,20-22H2,1-2,4-9H3,(H,35,36,38)/b23-18-,27-10+/t25-,34-/m0/s1. The van der Waals surface area contributed by atoms with Crippen LogP contribution in [-0.4, -0.2) is 95.5 Å². The summed E-state index contributed by atoms with van der Waals surface area (Å²) in [6.07, 6.45) is 5.70. The van der Waals surface area contributed by atoms with E-state index in [0.29, 0.717) is 43.0 Å². The van der Waals surface area contributed by atoms with Gasteiger partial charge in [0.2, 0.25) is 5.95 Å². The zero-order valence-corrected chi connectivity index (χ0v) is 28.1. The Hall–Kier alpha value is -3.96. The Morgan fingerprint density at radius 3 is 2.56 bits per heavy atom. The number of carbonyl (C=O) groups is 1. The average molecular weight is 617 g/mol. The number of likely N-dealkylation sites (N-methyl/N-ethyl adjacent to an activating group) is 1. The normalized spacial score (nSPS) is 23.0. The Labute approximate surface area is 267 Å². The number of anilines is 4. The molecule has 0 aromatic carbocycles. The quantitative estimate of drug-likeness (QED) is 0.366. The molecule has 242 valence electrons. The van der Waals surface area contributed by atoms with Crippen molar-refractivity contribution >= 4 is 29.5 Å². The number of allylic oxidation sites excluding steroid dienone is 3. The molecule has 5 heterocycles. The molecule has 2 fully saturated rings. The summed E-state index contributed by atoms with van der Waals surface area (Å²) >= 11 is 0. The fraction of sp³-hybridized carbons (Fsp3) is 0.529. The van der Waals surface area contributed by atoms with Gasteiger partial charge in [-0.05, 0) is 72.4 Å². The molecule has 0 spiro atoms. The lowest BCUT2D eigenvalue weighted by Crippen LogP contribution is -2.44. The predicted octanol–water partition coefficient (Wildman–Crippen LogP) is 5.46. The summed E-state index contributed by atoms with van der Waals surface area (Å²) in [4.78, 5) is 35.5. The molecule has 0 unspecified atom stereocenters. The minimum Gasteiger partial charge on any atom is -0.447 e. The molecule has 2 aromatic rings. The van der Waals surface area contributed by atoms with E-state index in [1.807, 2.05) is 37.4 Å². The van der Waals surface area contributed by atoms with Gasteiger partial charge in [-0.25, -0.2) is 14.8 Å². The Morgan fingerprint density at radius 2 is 1.91 bits per heavy atom. The van der Waals surface area contributed by atoms with E-state index in [4.69, 9.17) is 24.4 Å². The van der Waals surface area contributed by atoms with Crippen molar-refractivity contribution in [1.29, 1.82) is 0 Å². The number of hydrogen-bond acceptors (Lipinski definition) is 10. The lowest BCUT2D eigenvalue weighted by molar-refractivity contribution is -0.0252. The highest BCUT2D eigenvalue weighted by Gasteiger charge is 2.43. The topological polar surface area (TPSA) is 99.2 Å². The van der Waals surface area contributed by atoms with Gasteiger partial charge in [-0.3, -0.25) is 4.90 Å². The van der Waals surface area contributed by atoms with E-state index in [1.54, 1.807) is 4.90 Å². The van der Waals surface area contributed by atoms with Gasteiger partial charge in [-0.2, -0.15) is 4.98 Å². The fourth-order valence-corrected chi connectivity index (χ4v) is 6.02. The minimum atomic E-state index is -0.393. The van der Waals surface area contributed by atoms with Crippen LogP contribution in [0.1, 0.15) is 54.0 Å². The van der Waals surface area contributed by atoms with Gasteiger partial charge in [-0.15, -0.1) is 0 Å². The third-order valence-corrected chi connectivity index (χ3v) is 8.52. The molecule has 1 N–H and O–H groups in total. The third-order valence-electron chi connectivity index (χ3n) is 8.52. The Balaban J connectivity index is 1.43. The van der Waals surface area contributed by atoms with Gasteiger partial charge in [0.05, 0.1) is 18.2 Å². The molecule has 0 radical (unpaired) electrons. The summed E-state index contributed by atoms with van der Waals surface area (Å²) in [5.74, 6) is 2.42. The molecule has 0 saturated carbocycles. The van der Waals surface area contributed by atoms with Crippen LogP contribution in [0.2, 0.25) is 0 Å². The number of pyridine rings is 1. The molecule has 0 bridgehead atoms. The second kappa shape index (κ2) is 12.8. The van der Waals surface area contributed by atoms with Crippen LogP contribution in [0.5, 0.6) is 0 Å². The van der Waals surface area contributed by atoms with Gasteiger partial charge < -0.3 is 29.5 Å². The highest BCUT2D eigenvalue weighted by Crippen LogP contribution is 2.44. The first kappa shape index (κ1) is 32.4. The molecule has 2 saturated heterocycles. The second-order valence-corrected chi connectivity index (χ2v) is 13.6. The van der Waals surface area contributed by atoms with Crippen LogP contribution >= 0.6 is 0 Å². The first-order valence-electron chi connectivity index (χ1n) is 15.7. The maximum absolute atomic E-state index is 12.5. The first-order valence-corrected chi connectivity index (χ1v) is 15.7. The molecule has 3 aliphatic heterocycles. The number of rotatable bonds is 9. The van der Waals surface area contributed by atoms with Gasteiger partial charge >= 0.3 is 6.09 Å². The minimum absolute atomic E-state index is 0.100. The van der Waals surface area contributed by atoms with E-state index in [1.165, 1.54) is 5.70 Å². The van der Waals surface area contributed by atoms with Crippen LogP contribution in [0.15, 0.2) is 60.1 Å². The number of hydrogen-bond donors (Lipinski definition) is 1. The van der Waals surface area contributed by atoms with Crippen molar-refractivity contribution in [2.24, 2.45) is 0 Å². The van der Waals surface area contributed by atoms with E-state index < -0.39 is 5.41 Å². The average Bonchev–Trinajstić information content (AvgIpc) is 3.48. The molecular formula is C34H48N8O3. The van der Waals surface area contributed by atoms with Crippen LogP contribution < -0.4 is 15.1 Å². The van der Waals surface area contributed by atoms with Gasteiger partial charge in [0.25, 0.3) is 0 Å². The molecule has 1 amide bonds. The first-order chi connectivity index (χ1) is 21.3.